The van der Waals surface area contributed by atoms with Gasteiger partial charge in [-0.25, -0.2) is 27.8 Å². The van der Waals surface area contributed by atoms with E-state index in [2.05, 4.69) is 15.3 Å². The van der Waals surface area contributed by atoms with Crippen molar-refractivity contribution in [1.82, 2.24) is 19.3 Å². The van der Waals surface area contributed by atoms with Gasteiger partial charge in [0.1, 0.15) is 23.3 Å². The van der Waals surface area contributed by atoms with E-state index in [0.29, 0.717) is 55.3 Å². The number of rotatable bonds is 7. The number of ether oxygens (including phenoxy) is 1. The van der Waals surface area contributed by atoms with Crippen LogP contribution in [0.25, 0.3) is 10.3 Å². The molecule has 1 N–H and O–H groups in total. The normalized spacial score (nSPS) is 15.0. The zero-order valence-corrected chi connectivity index (χ0v) is 19.8. The summed E-state index contributed by atoms with van der Waals surface area (Å²) in [6, 6.07) is 13.9. The maximum absolute atomic E-state index is 13.3. The SMILES string of the molecule is O=S(=O)(c1ccc(Nc2ncnc3sc(Cc4ccccc4CF)nc23)cc1)N1CCOCC1. The number of benzene rings is 2. The van der Waals surface area contributed by atoms with E-state index in [0.717, 1.165) is 15.4 Å². The Balaban J connectivity index is 1.37. The van der Waals surface area contributed by atoms with E-state index in [1.165, 1.54) is 22.0 Å². The van der Waals surface area contributed by atoms with Crippen molar-refractivity contribution in [3.05, 3.63) is 71.0 Å². The van der Waals surface area contributed by atoms with Crippen LogP contribution in [0, 0.1) is 0 Å². The van der Waals surface area contributed by atoms with E-state index in [4.69, 9.17) is 9.72 Å². The molecule has 0 unspecified atom stereocenters. The average Bonchev–Trinajstić information content (AvgIpc) is 3.29. The Kier molecular flexibility index (Phi) is 6.50. The summed E-state index contributed by atoms with van der Waals surface area (Å²) in [4.78, 5) is 14.3. The molecule has 4 aromatic rings. The highest BCUT2D eigenvalue weighted by atomic mass is 32.2. The van der Waals surface area contributed by atoms with Gasteiger partial charge in [0, 0.05) is 25.2 Å². The third-order valence-electron chi connectivity index (χ3n) is 5.57. The van der Waals surface area contributed by atoms with Crippen LogP contribution in [0.1, 0.15) is 16.1 Å². The molecular weight excluding hydrogens is 477 g/mol. The van der Waals surface area contributed by atoms with Gasteiger partial charge in [-0.15, -0.1) is 0 Å². The number of sulfonamides is 1. The van der Waals surface area contributed by atoms with Crippen LogP contribution in [0.15, 0.2) is 59.8 Å². The Bertz CT molecular complexity index is 1400. The van der Waals surface area contributed by atoms with Gasteiger partial charge in [0.25, 0.3) is 0 Å². The first-order valence-corrected chi connectivity index (χ1v) is 13.0. The molecule has 1 aliphatic rings. The van der Waals surface area contributed by atoms with Crippen molar-refractivity contribution in [3.8, 4) is 0 Å². The molecule has 0 saturated carbocycles. The monoisotopic (exact) mass is 499 g/mol. The number of alkyl halides is 1. The molecule has 1 saturated heterocycles. The van der Waals surface area contributed by atoms with Gasteiger partial charge in [-0.2, -0.15) is 4.31 Å². The van der Waals surface area contributed by atoms with Crippen molar-refractivity contribution in [1.29, 1.82) is 0 Å². The summed E-state index contributed by atoms with van der Waals surface area (Å²) < 4.78 is 45.7. The Labute approximate surface area is 200 Å². The number of nitrogens with one attached hydrogen (secondary N) is 1. The lowest BCUT2D eigenvalue weighted by Crippen LogP contribution is -2.40. The number of hydrogen-bond donors (Lipinski definition) is 1. The second kappa shape index (κ2) is 9.71. The standard InChI is InChI=1S/C23H22FN5O3S2/c24-14-17-4-2-1-3-16(17)13-20-28-21-22(25-15-26-23(21)33-20)27-18-5-7-19(8-6-18)34(30,31)29-9-11-32-12-10-29/h1-8,15H,9-14H2,(H,25,26,27). The fraction of sp³-hybridized carbons (Fsp3) is 0.261. The maximum atomic E-state index is 13.3. The molecule has 0 atom stereocenters. The summed E-state index contributed by atoms with van der Waals surface area (Å²) in [6.45, 7) is 0.979. The zero-order chi connectivity index (χ0) is 23.5. The van der Waals surface area contributed by atoms with E-state index >= 15 is 0 Å². The van der Waals surface area contributed by atoms with E-state index in [1.54, 1.807) is 30.3 Å². The molecule has 176 valence electrons. The molecule has 34 heavy (non-hydrogen) atoms. The fourth-order valence-electron chi connectivity index (χ4n) is 3.77. The minimum atomic E-state index is -3.56. The lowest BCUT2D eigenvalue weighted by molar-refractivity contribution is 0.0730. The van der Waals surface area contributed by atoms with Crippen molar-refractivity contribution in [2.75, 3.05) is 31.6 Å². The van der Waals surface area contributed by atoms with E-state index in [1.807, 2.05) is 18.2 Å². The van der Waals surface area contributed by atoms with Crippen LogP contribution in [0.4, 0.5) is 15.9 Å². The zero-order valence-electron chi connectivity index (χ0n) is 18.1. The lowest BCUT2D eigenvalue weighted by atomic mass is 10.1. The van der Waals surface area contributed by atoms with E-state index in [-0.39, 0.29) is 4.90 Å². The second-order valence-corrected chi connectivity index (χ2v) is 10.7. The topological polar surface area (TPSA) is 97.3 Å². The van der Waals surface area contributed by atoms with Crippen molar-refractivity contribution < 1.29 is 17.5 Å². The van der Waals surface area contributed by atoms with E-state index < -0.39 is 16.7 Å². The highest BCUT2D eigenvalue weighted by molar-refractivity contribution is 7.89. The molecule has 0 amide bonds. The predicted molar refractivity (Wildman–Crippen MR) is 129 cm³/mol. The number of morpholine rings is 1. The van der Waals surface area contributed by atoms with Gasteiger partial charge >= 0.3 is 0 Å². The van der Waals surface area contributed by atoms with Crippen molar-refractivity contribution >= 4 is 43.2 Å². The molecular formula is C23H22FN5O3S2. The molecule has 1 fully saturated rings. The minimum absolute atomic E-state index is 0.232. The maximum Gasteiger partial charge on any atom is 0.243 e. The van der Waals surface area contributed by atoms with Crippen LogP contribution in [0.2, 0.25) is 0 Å². The Morgan fingerprint density at radius 1 is 1.03 bits per heavy atom. The lowest BCUT2D eigenvalue weighted by Gasteiger charge is -2.26. The molecule has 0 radical (unpaired) electrons. The number of thiazole rings is 1. The Hall–Kier alpha value is -2.99. The first kappa shape index (κ1) is 22.8. The van der Waals surface area contributed by atoms with Crippen LogP contribution in [-0.4, -0.2) is 54.0 Å². The van der Waals surface area contributed by atoms with Crippen LogP contribution < -0.4 is 5.32 Å². The number of halogens is 1. The second-order valence-electron chi connectivity index (χ2n) is 7.73. The average molecular weight is 500 g/mol. The van der Waals surface area contributed by atoms with Crippen LogP contribution >= 0.6 is 11.3 Å². The van der Waals surface area contributed by atoms with Gasteiger partial charge in [-0.1, -0.05) is 35.6 Å². The fourth-order valence-corrected chi connectivity index (χ4v) is 6.11. The number of nitrogens with zero attached hydrogens (tertiary/aromatic N) is 4. The predicted octanol–water partition coefficient (Wildman–Crippen LogP) is 3.91. The molecule has 8 nitrogen and oxygen atoms in total. The number of anilines is 2. The van der Waals surface area contributed by atoms with Gasteiger partial charge in [-0.3, -0.25) is 0 Å². The number of aromatic nitrogens is 3. The van der Waals surface area contributed by atoms with Gasteiger partial charge in [-0.05, 0) is 35.4 Å². The first-order valence-electron chi connectivity index (χ1n) is 10.7. The molecule has 0 spiro atoms. The smallest absolute Gasteiger partial charge is 0.243 e. The molecule has 0 aliphatic carbocycles. The summed E-state index contributed by atoms with van der Waals surface area (Å²) in [7, 11) is -3.56. The summed E-state index contributed by atoms with van der Waals surface area (Å²) in [5, 5.41) is 4.02. The van der Waals surface area contributed by atoms with Gasteiger partial charge in [0.15, 0.2) is 5.82 Å². The Morgan fingerprint density at radius 3 is 2.50 bits per heavy atom. The first-order chi connectivity index (χ1) is 16.5. The molecule has 5 rings (SSSR count). The number of fused-ring (bicyclic) bond motifs is 1. The van der Waals surface area contributed by atoms with Crippen molar-refractivity contribution in [2.45, 2.75) is 18.0 Å². The molecule has 3 heterocycles. The molecule has 2 aromatic carbocycles. The molecule has 0 bridgehead atoms. The van der Waals surface area contributed by atoms with E-state index in [9.17, 15) is 12.8 Å². The summed E-state index contributed by atoms with van der Waals surface area (Å²) in [5.74, 6) is 0.523. The van der Waals surface area contributed by atoms with Crippen LogP contribution in [-0.2, 0) is 27.9 Å². The highest BCUT2D eigenvalue weighted by Gasteiger charge is 2.26. The number of hydrogen-bond acceptors (Lipinski definition) is 8. The summed E-state index contributed by atoms with van der Waals surface area (Å²) >= 11 is 1.44. The summed E-state index contributed by atoms with van der Waals surface area (Å²) in [6.07, 6.45) is 1.97. The third-order valence-corrected chi connectivity index (χ3v) is 8.44. The van der Waals surface area contributed by atoms with Crippen LogP contribution in [0.5, 0.6) is 0 Å². The minimum Gasteiger partial charge on any atom is -0.379 e. The van der Waals surface area contributed by atoms with Gasteiger partial charge in [0.2, 0.25) is 10.0 Å². The van der Waals surface area contributed by atoms with Gasteiger partial charge < -0.3 is 10.1 Å². The van der Waals surface area contributed by atoms with Crippen LogP contribution in [0.3, 0.4) is 0 Å². The quantitative estimate of drug-likeness (QED) is 0.412. The molecule has 11 heteroatoms. The summed E-state index contributed by atoms with van der Waals surface area (Å²) in [5.41, 5.74) is 2.84. The molecule has 1 aliphatic heterocycles. The van der Waals surface area contributed by atoms with Crippen molar-refractivity contribution in [2.24, 2.45) is 0 Å². The largest absolute Gasteiger partial charge is 0.379 e. The molecule has 2 aromatic heterocycles. The van der Waals surface area contributed by atoms with Gasteiger partial charge in [0.05, 0.1) is 23.1 Å². The highest BCUT2D eigenvalue weighted by Crippen LogP contribution is 2.29. The third kappa shape index (κ3) is 4.64. The van der Waals surface area contributed by atoms with Crippen molar-refractivity contribution in [3.63, 3.8) is 0 Å². The Morgan fingerprint density at radius 2 is 1.76 bits per heavy atom.